The second-order valence-corrected chi connectivity index (χ2v) is 7.59. The number of nitrogens with zero attached hydrogens (tertiary/aromatic N) is 1. The average Bonchev–Trinajstić information content (AvgIpc) is 2.55. The number of anilines is 1. The molecule has 2 atom stereocenters. The summed E-state index contributed by atoms with van der Waals surface area (Å²) in [5, 5.41) is 3.26. The van der Waals surface area contributed by atoms with Gasteiger partial charge in [0, 0.05) is 35.3 Å². The number of nitrogens with one attached hydrogen (secondary N) is 1. The Bertz CT molecular complexity index is 546. The standard InChI is InChI=1S/C18H26N2OS/c1-3-20-10-11-22-17-9-8-14(12-16(17)20)18(21)19-15-7-5-4-6-13(15)2/h8-9,12-13,15H,3-7,10-11H2,1-2H3,(H,19,21)/t13-,15+/m0/s1. The van der Waals surface area contributed by atoms with Crippen molar-refractivity contribution in [2.75, 3.05) is 23.7 Å². The molecule has 22 heavy (non-hydrogen) atoms. The Kier molecular flexibility index (Phi) is 4.97. The summed E-state index contributed by atoms with van der Waals surface area (Å²) < 4.78 is 0. The Labute approximate surface area is 137 Å². The van der Waals surface area contributed by atoms with Crippen LogP contribution in [0.5, 0.6) is 0 Å². The lowest BCUT2D eigenvalue weighted by atomic mass is 9.86. The van der Waals surface area contributed by atoms with Gasteiger partial charge in [0.1, 0.15) is 0 Å². The quantitative estimate of drug-likeness (QED) is 0.916. The molecule has 0 saturated heterocycles. The van der Waals surface area contributed by atoms with E-state index >= 15 is 0 Å². The van der Waals surface area contributed by atoms with E-state index in [2.05, 4.69) is 36.2 Å². The Morgan fingerprint density at radius 3 is 2.95 bits per heavy atom. The van der Waals surface area contributed by atoms with Crippen molar-refractivity contribution in [3.8, 4) is 0 Å². The number of hydrogen-bond donors (Lipinski definition) is 1. The fraction of sp³-hybridized carbons (Fsp3) is 0.611. The third-order valence-corrected chi connectivity index (χ3v) is 6.03. The Morgan fingerprint density at radius 2 is 2.18 bits per heavy atom. The molecule has 1 aromatic carbocycles. The summed E-state index contributed by atoms with van der Waals surface area (Å²) in [6.07, 6.45) is 4.89. The minimum absolute atomic E-state index is 0.0909. The average molecular weight is 318 g/mol. The van der Waals surface area contributed by atoms with Gasteiger partial charge in [0.15, 0.2) is 0 Å². The van der Waals surface area contributed by atoms with E-state index in [1.807, 2.05) is 17.8 Å². The minimum atomic E-state index is 0.0909. The number of benzene rings is 1. The van der Waals surface area contributed by atoms with Crippen molar-refractivity contribution in [2.45, 2.75) is 50.5 Å². The van der Waals surface area contributed by atoms with Gasteiger partial charge in [-0.3, -0.25) is 4.79 Å². The molecule has 1 aromatic rings. The molecule has 120 valence electrons. The van der Waals surface area contributed by atoms with E-state index < -0.39 is 0 Å². The van der Waals surface area contributed by atoms with E-state index in [0.29, 0.717) is 12.0 Å². The molecule has 0 spiro atoms. The highest BCUT2D eigenvalue weighted by molar-refractivity contribution is 7.99. The molecular weight excluding hydrogens is 292 g/mol. The number of thioether (sulfide) groups is 1. The fourth-order valence-corrected chi connectivity index (χ4v) is 4.56. The van der Waals surface area contributed by atoms with Gasteiger partial charge in [0.05, 0.1) is 5.69 Å². The van der Waals surface area contributed by atoms with E-state index in [1.165, 1.54) is 29.8 Å². The summed E-state index contributed by atoms with van der Waals surface area (Å²) in [7, 11) is 0. The Balaban J connectivity index is 1.75. The van der Waals surface area contributed by atoms with Crippen LogP contribution in [0.15, 0.2) is 23.1 Å². The van der Waals surface area contributed by atoms with Crippen molar-refractivity contribution in [1.82, 2.24) is 5.32 Å². The van der Waals surface area contributed by atoms with Crippen molar-refractivity contribution in [3.63, 3.8) is 0 Å². The van der Waals surface area contributed by atoms with Gasteiger partial charge < -0.3 is 10.2 Å². The highest BCUT2D eigenvalue weighted by atomic mass is 32.2. The fourth-order valence-electron chi connectivity index (χ4n) is 3.52. The van der Waals surface area contributed by atoms with E-state index in [1.54, 1.807) is 0 Å². The summed E-state index contributed by atoms with van der Waals surface area (Å²) in [4.78, 5) is 16.3. The molecule has 4 heteroatoms. The first-order valence-electron chi connectivity index (χ1n) is 8.51. The van der Waals surface area contributed by atoms with Crippen LogP contribution in [0.2, 0.25) is 0 Å². The maximum Gasteiger partial charge on any atom is 0.251 e. The smallest absolute Gasteiger partial charge is 0.251 e. The molecule has 1 saturated carbocycles. The lowest BCUT2D eigenvalue weighted by molar-refractivity contribution is 0.0910. The predicted molar refractivity (Wildman–Crippen MR) is 93.9 cm³/mol. The summed E-state index contributed by atoms with van der Waals surface area (Å²) in [5.41, 5.74) is 2.03. The normalized spacial score (nSPS) is 24.7. The summed E-state index contributed by atoms with van der Waals surface area (Å²) in [6.45, 7) is 6.50. The Hall–Kier alpha value is -1.16. The van der Waals surface area contributed by atoms with Gasteiger partial charge in [-0.05, 0) is 43.9 Å². The largest absolute Gasteiger partial charge is 0.370 e. The topological polar surface area (TPSA) is 32.3 Å². The number of fused-ring (bicyclic) bond motifs is 1. The minimum Gasteiger partial charge on any atom is -0.370 e. The van der Waals surface area contributed by atoms with Crippen LogP contribution >= 0.6 is 11.8 Å². The SMILES string of the molecule is CCN1CCSc2ccc(C(=O)N[C@@H]3CCCC[C@@H]3C)cc21. The third kappa shape index (κ3) is 3.27. The maximum atomic E-state index is 12.6. The van der Waals surface area contributed by atoms with Crippen molar-refractivity contribution in [3.05, 3.63) is 23.8 Å². The second kappa shape index (κ2) is 6.95. The third-order valence-electron chi connectivity index (χ3n) is 4.99. The molecule has 3 nitrogen and oxygen atoms in total. The maximum absolute atomic E-state index is 12.6. The van der Waals surface area contributed by atoms with Gasteiger partial charge in [0.25, 0.3) is 5.91 Å². The van der Waals surface area contributed by atoms with Crippen LogP contribution in [0, 0.1) is 5.92 Å². The van der Waals surface area contributed by atoms with Gasteiger partial charge >= 0.3 is 0 Å². The molecule has 1 amide bonds. The first-order chi connectivity index (χ1) is 10.7. The van der Waals surface area contributed by atoms with Gasteiger partial charge in [0.2, 0.25) is 0 Å². The van der Waals surface area contributed by atoms with Crippen molar-refractivity contribution in [1.29, 1.82) is 0 Å². The van der Waals surface area contributed by atoms with Crippen LogP contribution < -0.4 is 10.2 Å². The first kappa shape index (κ1) is 15.7. The first-order valence-corrected chi connectivity index (χ1v) is 9.50. The predicted octanol–water partition coefficient (Wildman–Crippen LogP) is 3.93. The molecule has 1 fully saturated rings. The number of carbonyl (C=O) groups is 1. The zero-order valence-electron chi connectivity index (χ0n) is 13.6. The molecule has 1 N–H and O–H groups in total. The zero-order chi connectivity index (χ0) is 15.5. The lowest BCUT2D eigenvalue weighted by Crippen LogP contribution is -2.41. The van der Waals surface area contributed by atoms with E-state index in [4.69, 9.17) is 0 Å². The lowest BCUT2D eigenvalue weighted by Gasteiger charge is -2.31. The molecule has 0 radical (unpaired) electrons. The van der Waals surface area contributed by atoms with Crippen molar-refractivity contribution in [2.24, 2.45) is 5.92 Å². The van der Waals surface area contributed by atoms with Gasteiger partial charge in [-0.1, -0.05) is 19.8 Å². The molecule has 1 heterocycles. The number of amides is 1. The monoisotopic (exact) mass is 318 g/mol. The van der Waals surface area contributed by atoms with Crippen molar-refractivity contribution >= 4 is 23.4 Å². The molecular formula is C18H26N2OS. The van der Waals surface area contributed by atoms with Gasteiger partial charge in [-0.25, -0.2) is 0 Å². The summed E-state index contributed by atoms with van der Waals surface area (Å²) in [6, 6.07) is 6.51. The van der Waals surface area contributed by atoms with Crippen LogP contribution in [-0.2, 0) is 0 Å². The van der Waals surface area contributed by atoms with E-state index in [-0.39, 0.29) is 5.91 Å². The molecule has 0 unspecified atom stereocenters. The second-order valence-electron chi connectivity index (χ2n) is 6.45. The molecule has 1 aliphatic heterocycles. The van der Waals surface area contributed by atoms with Gasteiger partial charge in [-0.2, -0.15) is 0 Å². The number of hydrogen-bond acceptors (Lipinski definition) is 3. The molecule has 2 aliphatic rings. The van der Waals surface area contributed by atoms with Crippen LogP contribution in [0.1, 0.15) is 49.9 Å². The number of rotatable bonds is 3. The highest BCUT2D eigenvalue weighted by Crippen LogP contribution is 2.35. The highest BCUT2D eigenvalue weighted by Gasteiger charge is 2.24. The summed E-state index contributed by atoms with van der Waals surface area (Å²) >= 11 is 1.89. The molecule has 3 rings (SSSR count). The molecule has 0 bridgehead atoms. The van der Waals surface area contributed by atoms with Gasteiger partial charge in [-0.15, -0.1) is 11.8 Å². The zero-order valence-corrected chi connectivity index (χ0v) is 14.4. The van der Waals surface area contributed by atoms with Crippen LogP contribution in [-0.4, -0.2) is 30.8 Å². The van der Waals surface area contributed by atoms with Crippen LogP contribution in [0.4, 0.5) is 5.69 Å². The van der Waals surface area contributed by atoms with E-state index in [9.17, 15) is 4.79 Å². The van der Waals surface area contributed by atoms with Crippen molar-refractivity contribution < 1.29 is 4.79 Å². The van der Waals surface area contributed by atoms with Crippen LogP contribution in [0.3, 0.4) is 0 Å². The molecule has 0 aromatic heterocycles. The van der Waals surface area contributed by atoms with Crippen LogP contribution in [0.25, 0.3) is 0 Å². The number of carbonyl (C=O) groups excluding carboxylic acids is 1. The summed E-state index contributed by atoms with van der Waals surface area (Å²) in [5.74, 6) is 1.82. The Morgan fingerprint density at radius 1 is 1.36 bits per heavy atom. The molecule has 1 aliphatic carbocycles. The van der Waals surface area contributed by atoms with E-state index in [0.717, 1.165) is 30.8 Å².